The second-order valence-corrected chi connectivity index (χ2v) is 5.51. The van der Waals surface area contributed by atoms with Crippen molar-refractivity contribution in [3.05, 3.63) is 34.4 Å². The molecule has 0 amide bonds. The Morgan fingerprint density at radius 3 is 2.56 bits per heavy atom. The fourth-order valence-corrected chi connectivity index (χ4v) is 2.85. The standard InChI is InChI=1S/C16H25NO/c1-11-8-13(3)15(9-12(11)2)16(17-4)10-14-6-5-7-18-14/h8-9,14,16-17H,5-7,10H2,1-4H3. The van der Waals surface area contributed by atoms with Gasteiger partial charge >= 0.3 is 0 Å². The Morgan fingerprint density at radius 1 is 1.22 bits per heavy atom. The summed E-state index contributed by atoms with van der Waals surface area (Å²) >= 11 is 0. The first kappa shape index (κ1) is 13.6. The SMILES string of the molecule is CNC(CC1CCCO1)c1cc(C)c(C)cc1C. The predicted octanol–water partition coefficient (Wildman–Crippen LogP) is 3.44. The van der Waals surface area contributed by atoms with Gasteiger partial charge < -0.3 is 10.1 Å². The van der Waals surface area contributed by atoms with Crippen LogP contribution in [0, 0.1) is 20.8 Å². The molecule has 0 radical (unpaired) electrons. The Labute approximate surface area is 111 Å². The number of rotatable bonds is 4. The van der Waals surface area contributed by atoms with Gasteiger partial charge in [-0.1, -0.05) is 12.1 Å². The molecule has 2 nitrogen and oxygen atoms in total. The molecule has 2 unspecified atom stereocenters. The molecule has 1 N–H and O–H groups in total. The molecule has 1 aromatic carbocycles. The summed E-state index contributed by atoms with van der Waals surface area (Å²) in [6.07, 6.45) is 3.94. The first-order valence-corrected chi connectivity index (χ1v) is 6.98. The van der Waals surface area contributed by atoms with E-state index in [2.05, 4.69) is 38.2 Å². The van der Waals surface area contributed by atoms with E-state index in [9.17, 15) is 0 Å². The first-order chi connectivity index (χ1) is 8.61. The van der Waals surface area contributed by atoms with Gasteiger partial charge in [-0.3, -0.25) is 0 Å². The Balaban J connectivity index is 2.18. The molecule has 1 heterocycles. The van der Waals surface area contributed by atoms with E-state index in [0.717, 1.165) is 13.0 Å². The summed E-state index contributed by atoms with van der Waals surface area (Å²) in [4.78, 5) is 0. The van der Waals surface area contributed by atoms with Crippen molar-refractivity contribution >= 4 is 0 Å². The summed E-state index contributed by atoms with van der Waals surface area (Å²) in [5.41, 5.74) is 5.57. The Morgan fingerprint density at radius 2 is 1.94 bits per heavy atom. The van der Waals surface area contributed by atoms with E-state index in [0.29, 0.717) is 12.1 Å². The number of hydrogen-bond donors (Lipinski definition) is 1. The zero-order chi connectivity index (χ0) is 13.1. The molecule has 0 aromatic heterocycles. The van der Waals surface area contributed by atoms with Crippen LogP contribution < -0.4 is 5.32 Å². The maximum atomic E-state index is 5.76. The van der Waals surface area contributed by atoms with Crippen LogP contribution in [-0.2, 0) is 4.74 Å². The van der Waals surface area contributed by atoms with Gasteiger partial charge in [0.2, 0.25) is 0 Å². The van der Waals surface area contributed by atoms with Crippen LogP contribution in [0.2, 0.25) is 0 Å². The molecule has 0 spiro atoms. The molecular weight excluding hydrogens is 222 g/mol. The molecule has 1 aliphatic rings. The topological polar surface area (TPSA) is 21.3 Å². The van der Waals surface area contributed by atoms with Crippen LogP contribution >= 0.6 is 0 Å². The third-order valence-corrected chi connectivity index (χ3v) is 4.13. The van der Waals surface area contributed by atoms with Gasteiger partial charge in [-0.05, 0) is 69.3 Å². The smallest absolute Gasteiger partial charge is 0.0594 e. The van der Waals surface area contributed by atoms with Gasteiger partial charge in [0.25, 0.3) is 0 Å². The number of ether oxygens (including phenoxy) is 1. The second kappa shape index (κ2) is 5.85. The highest BCUT2D eigenvalue weighted by Crippen LogP contribution is 2.28. The van der Waals surface area contributed by atoms with Crippen LogP contribution in [0.25, 0.3) is 0 Å². The monoisotopic (exact) mass is 247 g/mol. The van der Waals surface area contributed by atoms with Crippen molar-refractivity contribution in [2.45, 2.75) is 52.2 Å². The highest BCUT2D eigenvalue weighted by Gasteiger charge is 2.22. The summed E-state index contributed by atoms with van der Waals surface area (Å²) in [5, 5.41) is 3.45. The van der Waals surface area contributed by atoms with Crippen molar-refractivity contribution in [2.75, 3.05) is 13.7 Å². The number of aryl methyl sites for hydroxylation is 3. The van der Waals surface area contributed by atoms with Crippen molar-refractivity contribution in [2.24, 2.45) is 0 Å². The number of benzene rings is 1. The Kier molecular flexibility index (Phi) is 4.41. The maximum absolute atomic E-state index is 5.76. The lowest BCUT2D eigenvalue weighted by atomic mass is 9.92. The van der Waals surface area contributed by atoms with Gasteiger partial charge in [-0.25, -0.2) is 0 Å². The Hall–Kier alpha value is -0.860. The summed E-state index contributed by atoms with van der Waals surface area (Å²) in [6.45, 7) is 7.52. The van der Waals surface area contributed by atoms with Crippen LogP contribution in [0.3, 0.4) is 0 Å². The molecule has 1 fully saturated rings. The largest absolute Gasteiger partial charge is 0.378 e. The minimum atomic E-state index is 0.410. The lowest BCUT2D eigenvalue weighted by Crippen LogP contribution is -2.23. The zero-order valence-corrected chi connectivity index (χ0v) is 12.0. The van der Waals surface area contributed by atoms with E-state index in [-0.39, 0.29) is 0 Å². The van der Waals surface area contributed by atoms with Crippen LogP contribution in [0.15, 0.2) is 12.1 Å². The van der Waals surface area contributed by atoms with Gasteiger partial charge in [-0.15, -0.1) is 0 Å². The van der Waals surface area contributed by atoms with Crippen molar-refractivity contribution in [1.29, 1.82) is 0 Å². The molecule has 18 heavy (non-hydrogen) atoms. The molecule has 0 bridgehead atoms. The molecule has 1 aliphatic heterocycles. The third-order valence-electron chi connectivity index (χ3n) is 4.13. The summed E-state index contributed by atoms with van der Waals surface area (Å²) < 4.78 is 5.76. The predicted molar refractivity (Wildman–Crippen MR) is 76.0 cm³/mol. The second-order valence-electron chi connectivity index (χ2n) is 5.51. The summed E-state index contributed by atoms with van der Waals surface area (Å²) in [6, 6.07) is 5.04. The Bertz CT molecular complexity index is 408. The molecule has 2 atom stereocenters. The van der Waals surface area contributed by atoms with Gasteiger partial charge in [0.15, 0.2) is 0 Å². The van der Waals surface area contributed by atoms with E-state index >= 15 is 0 Å². The molecule has 1 saturated heterocycles. The fourth-order valence-electron chi connectivity index (χ4n) is 2.85. The molecule has 2 heteroatoms. The van der Waals surface area contributed by atoms with Gasteiger partial charge in [0.1, 0.15) is 0 Å². The molecule has 0 saturated carbocycles. The minimum Gasteiger partial charge on any atom is -0.378 e. The van der Waals surface area contributed by atoms with E-state index < -0.39 is 0 Å². The molecule has 1 aromatic rings. The maximum Gasteiger partial charge on any atom is 0.0594 e. The number of nitrogens with one attached hydrogen (secondary N) is 1. The normalized spacial score (nSPS) is 21.2. The van der Waals surface area contributed by atoms with E-state index in [1.165, 1.54) is 35.1 Å². The molecule has 100 valence electrons. The van der Waals surface area contributed by atoms with E-state index in [1.807, 2.05) is 7.05 Å². The number of hydrogen-bond acceptors (Lipinski definition) is 2. The van der Waals surface area contributed by atoms with E-state index in [1.54, 1.807) is 0 Å². The van der Waals surface area contributed by atoms with Gasteiger partial charge in [0, 0.05) is 12.6 Å². The lowest BCUT2D eigenvalue weighted by molar-refractivity contribution is 0.0953. The third kappa shape index (κ3) is 2.93. The lowest BCUT2D eigenvalue weighted by Gasteiger charge is -2.23. The van der Waals surface area contributed by atoms with Crippen molar-refractivity contribution in [1.82, 2.24) is 5.32 Å². The van der Waals surface area contributed by atoms with Crippen LogP contribution in [0.4, 0.5) is 0 Å². The highest BCUT2D eigenvalue weighted by molar-refractivity contribution is 5.38. The molecular formula is C16H25NO. The van der Waals surface area contributed by atoms with Crippen molar-refractivity contribution in [3.8, 4) is 0 Å². The van der Waals surface area contributed by atoms with Gasteiger partial charge in [0.05, 0.1) is 6.10 Å². The average molecular weight is 247 g/mol. The van der Waals surface area contributed by atoms with Crippen LogP contribution in [0.5, 0.6) is 0 Å². The summed E-state index contributed by atoms with van der Waals surface area (Å²) in [5.74, 6) is 0. The van der Waals surface area contributed by atoms with Gasteiger partial charge in [-0.2, -0.15) is 0 Å². The van der Waals surface area contributed by atoms with Crippen molar-refractivity contribution < 1.29 is 4.74 Å². The molecule has 0 aliphatic carbocycles. The molecule has 2 rings (SSSR count). The average Bonchev–Trinajstić information content (AvgIpc) is 2.84. The minimum absolute atomic E-state index is 0.410. The highest BCUT2D eigenvalue weighted by atomic mass is 16.5. The van der Waals surface area contributed by atoms with Crippen molar-refractivity contribution in [3.63, 3.8) is 0 Å². The zero-order valence-electron chi connectivity index (χ0n) is 12.0. The first-order valence-electron chi connectivity index (χ1n) is 6.98. The van der Waals surface area contributed by atoms with E-state index in [4.69, 9.17) is 4.74 Å². The fraction of sp³-hybridized carbons (Fsp3) is 0.625. The van der Waals surface area contributed by atoms with Crippen LogP contribution in [0.1, 0.15) is 47.6 Å². The quantitative estimate of drug-likeness (QED) is 0.880. The van der Waals surface area contributed by atoms with Crippen LogP contribution in [-0.4, -0.2) is 19.8 Å². The summed E-state index contributed by atoms with van der Waals surface area (Å²) in [7, 11) is 2.05.